The van der Waals surface area contributed by atoms with Gasteiger partial charge < -0.3 is 34.5 Å². The molecular weight excluding hydrogens is 995 g/mol. The van der Waals surface area contributed by atoms with Crippen LogP contribution in [0.3, 0.4) is 0 Å². The van der Waals surface area contributed by atoms with E-state index in [-0.39, 0.29) is 42.5 Å². The Morgan fingerprint density at radius 1 is 0.618 bits per heavy atom. The number of ether oxygens (including phenoxy) is 4. The second-order valence-electron chi connectivity index (χ2n) is 20.7. The van der Waals surface area contributed by atoms with Gasteiger partial charge in [0.2, 0.25) is 0 Å². The number of fused-ring (bicyclic) bond motifs is 4. The summed E-state index contributed by atoms with van der Waals surface area (Å²) < 4.78 is 22.7. The Morgan fingerprint density at radius 2 is 1.08 bits per heavy atom. The van der Waals surface area contributed by atoms with Crippen LogP contribution in [0.15, 0.2) is 129 Å². The molecule has 4 bridgehead atoms. The normalized spacial score (nSPS) is 25.7. The Hall–Kier alpha value is -5.58. The van der Waals surface area contributed by atoms with Gasteiger partial charge in [-0.1, -0.05) is 101 Å². The highest BCUT2D eigenvalue weighted by Crippen LogP contribution is 2.26. The molecule has 0 radical (unpaired) electrons. The number of nitrogens with two attached hydrogens (primary N) is 1. The fourth-order valence-corrected chi connectivity index (χ4v) is 9.75. The minimum absolute atomic E-state index is 0.0866. The van der Waals surface area contributed by atoms with E-state index in [1.165, 1.54) is 17.7 Å². The largest absolute Gasteiger partial charge is 0.462 e. The van der Waals surface area contributed by atoms with Crippen LogP contribution in [-0.2, 0) is 57.4 Å². The molecule has 2 aromatic heterocycles. The molecule has 2 aliphatic heterocycles. The van der Waals surface area contributed by atoms with Crippen molar-refractivity contribution in [1.29, 1.82) is 0 Å². The number of carbonyl (C=O) groups excluding carboxylic acids is 4. The van der Waals surface area contributed by atoms with Gasteiger partial charge in [-0.15, -0.1) is 22.7 Å². The van der Waals surface area contributed by atoms with Crippen LogP contribution in [0.25, 0.3) is 0 Å². The lowest BCUT2D eigenvalue weighted by atomic mass is 9.98. The fourth-order valence-electron chi connectivity index (χ4n) is 7.92. The first-order chi connectivity index (χ1) is 36.0. The maximum absolute atomic E-state index is 12.7. The van der Waals surface area contributed by atoms with E-state index in [1.807, 2.05) is 112 Å². The van der Waals surface area contributed by atoms with Crippen molar-refractivity contribution < 1.29 is 38.1 Å². The predicted octanol–water partition coefficient (Wildman–Crippen LogP) is 11.8. The molecule has 15 heteroatoms. The van der Waals surface area contributed by atoms with Crippen LogP contribution < -0.4 is 5.73 Å². The van der Waals surface area contributed by atoms with E-state index in [0.29, 0.717) is 38.5 Å². The number of esters is 4. The first kappa shape index (κ1) is 64.7. The highest BCUT2D eigenvalue weighted by Gasteiger charge is 2.21. The number of hydrogen-bond donors (Lipinski definition) is 1. The number of likely N-dealkylation sites (N-methyl/N-ethyl adjacent to an activating group) is 2. The predicted molar refractivity (Wildman–Crippen MR) is 311 cm³/mol. The number of hydrogen-bond acceptors (Lipinski definition) is 15. The second-order valence-corrected chi connectivity index (χ2v) is 22.6. The first-order valence-electron chi connectivity index (χ1n) is 26.5. The number of rotatable bonds is 10. The lowest BCUT2D eigenvalue weighted by Gasteiger charge is -2.18. The van der Waals surface area contributed by atoms with E-state index in [9.17, 15) is 19.2 Å². The zero-order chi connectivity index (χ0) is 56.2. The lowest BCUT2D eigenvalue weighted by Crippen LogP contribution is -2.28. The number of allylic oxidation sites excluding steroid dienone is 12. The molecule has 6 atom stereocenters. The third-order valence-electron chi connectivity index (χ3n) is 11.9. The summed E-state index contributed by atoms with van der Waals surface area (Å²) in [6, 6.07) is -0.312. The van der Waals surface area contributed by atoms with Gasteiger partial charge in [0.25, 0.3) is 0 Å². The number of thiazole rings is 2. The molecule has 13 nitrogen and oxygen atoms in total. The Morgan fingerprint density at radius 3 is 1.59 bits per heavy atom. The number of aryl methyl sites for hydroxylation is 1. The van der Waals surface area contributed by atoms with Gasteiger partial charge >= 0.3 is 23.9 Å². The molecule has 0 saturated carbocycles. The molecule has 416 valence electrons. The maximum atomic E-state index is 12.7. The van der Waals surface area contributed by atoms with Crippen LogP contribution in [-0.4, -0.2) is 115 Å². The average molecular weight is 1080 g/mol. The fraction of sp³-hybridized carbons (Fsp3) is 0.508. The summed E-state index contributed by atoms with van der Waals surface area (Å²) in [6.45, 7) is 19.6. The smallest absolute Gasteiger partial charge is 0.331 e. The minimum atomic E-state index is -0.465. The van der Waals surface area contributed by atoms with Crippen molar-refractivity contribution in [3.05, 3.63) is 151 Å². The molecule has 0 fully saturated rings. The summed E-state index contributed by atoms with van der Waals surface area (Å²) in [7, 11) is 8.15. The lowest BCUT2D eigenvalue weighted by molar-refractivity contribution is -0.149. The standard InChI is InChI=1S/C31H45N3O4S.C30H42N2O4S/c1-21(13-14-34(6)7)11-12-23(3)16-27-19-29-33-28(20-39-29)24(4)17-26(32)18-31(36)37-25(5)15-22(2)9-8-10-30(35)38-27;1-22(16-17-32(5)6)14-15-24(3)19-27-20-28-31-26(21-37-28)11-7-8-12-29(33)35-25(4)18-23(2)10-9-13-30(34)36-27/h8-13,16,20,24-27H,14-15,17-19,32H2,1-7H3;9-10,13-16,19,21,25,27H,7-8,11-12,17-18,20H2,1-6H3/b10-8-,12-11+,21-13+,22-9+,23-16+;13-9-,15-14+,22-16+,23-10+,24-19+/t24-,25-,26+,27+;25-,27+/m00/s1. The van der Waals surface area contributed by atoms with E-state index >= 15 is 0 Å². The van der Waals surface area contributed by atoms with Gasteiger partial charge in [0.05, 0.1) is 27.8 Å². The topological polar surface area (TPSA) is 163 Å². The van der Waals surface area contributed by atoms with Gasteiger partial charge in [-0.3, -0.25) is 9.59 Å². The van der Waals surface area contributed by atoms with E-state index in [1.54, 1.807) is 34.8 Å². The molecule has 2 N–H and O–H groups in total. The summed E-state index contributed by atoms with van der Waals surface area (Å²) in [6.07, 6.45) is 30.9. The Bertz CT molecular complexity index is 2500. The van der Waals surface area contributed by atoms with Crippen molar-refractivity contribution >= 4 is 46.6 Å². The maximum Gasteiger partial charge on any atom is 0.331 e. The van der Waals surface area contributed by atoms with Crippen LogP contribution in [0.2, 0.25) is 0 Å². The Kier molecular flexibility index (Phi) is 29.8. The first-order valence-corrected chi connectivity index (χ1v) is 28.2. The van der Waals surface area contributed by atoms with Crippen molar-refractivity contribution in [2.75, 3.05) is 41.3 Å². The van der Waals surface area contributed by atoms with Crippen LogP contribution in [0, 0.1) is 0 Å². The quantitative estimate of drug-likeness (QED) is 0.136. The Labute approximate surface area is 462 Å². The van der Waals surface area contributed by atoms with Crippen LogP contribution in [0.1, 0.15) is 135 Å². The zero-order valence-corrected chi connectivity index (χ0v) is 49.3. The van der Waals surface area contributed by atoms with Crippen molar-refractivity contribution in [1.82, 2.24) is 19.8 Å². The Balaban J connectivity index is 0.000000401. The zero-order valence-electron chi connectivity index (χ0n) is 47.6. The minimum Gasteiger partial charge on any atom is -0.462 e. The van der Waals surface area contributed by atoms with Gasteiger partial charge in [0, 0.05) is 80.1 Å². The third kappa shape index (κ3) is 29.1. The molecule has 0 spiro atoms. The monoisotopic (exact) mass is 1080 g/mol. The number of aromatic nitrogens is 2. The summed E-state index contributed by atoms with van der Waals surface area (Å²) in [5.41, 5.74) is 14.6. The molecule has 2 aromatic rings. The number of nitrogens with zero attached hydrogens (tertiary/aromatic N) is 4. The van der Waals surface area contributed by atoms with Gasteiger partial charge in [-0.2, -0.15) is 0 Å². The molecule has 0 amide bonds. The van der Waals surface area contributed by atoms with Crippen LogP contribution in [0.4, 0.5) is 0 Å². The molecule has 2 aliphatic rings. The SMILES string of the molecule is CC(/C=C/C(C)=C/[C@@H]1Cc2nc(cs2)CCCCC(=O)O[C@@H](C)C/C(C)=C/C=C\C(=O)O1)=C\CN(C)C.CC(/C=C/C(C)=C/[C@@H]1Cc2nc(cs2)[C@@H](C)C[C@@H](N)CC(=O)O[C@@H](C)C/C(C)=C/C=C\C(=O)O1)=C\CN(C)C. The highest BCUT2D eigenvalue weighted by molar-refractivity contribution is 7.09. The van der Waals surface area contributed by atoms with Crippen molar-refractivity contribution in [3.8, 4) is 0 Å². The molecule has 0 aromatic carbocycles. The van der Waals surface area contributed by atoms with Crippen molar-refractivity contribution in [3.63, 3.8) is 0 Å². The molecule has 76 heavy (non-hydrogen) atoms. The molecule has 4 rings (SSSR count). The molecule has 0 aliphatic carbocycles. The van der Waals surface area contributed by atoms with Crippen molar-refractivity contribution in [2.45, 2.75) is 163 Å². The third-order valence-corrected chi connectivity index (χ3v) is 13.7. The van der Waals surface area contributed by atoms with E-state index in [4.69, 9.17) is 34.6 Å². The second kappa shape index (κ2) is 35.0. The van der Waals surface area contributed by atoms with Crippen LogP contribution in [0.5, 0.6) is 0 Å². The van der Waals surface area contributed by atoms with E-state index in [2.05, 4.69) is 60.3 Å². The van der Waals surface area contributed by atoms with E-state index < -0.39 is 24.1 Å². The van der Waals surface area contributed by atoms with Gasteiger partial charge in [-0.05, 0) is 121 Å². The van der Waals surface area contributed by atoms with Gasteiger partial charge in [-0.25, -0.2) is 19.6 Å². The average Bonchev–Trinajstić information content (AvgIpc) is 3.99. The van der Waals surface area contributed by atoms with E-state index in [0.717, 1.165) is 81.6 Å². The summed E-state index contributed by atoms with van der Waals surface area (Å²) in [5, 5.41) is 5.88. The molecular formula is C61H87N5O8S2. The number of carbonyl (C=O) groups is 4. The van der Waals surface area contributed by atoms with Gasteiger partial charge in [0.1, 0.15) is 24.4 Å². The summed E-state index contributed by atoms with van der Waals surface area (Å²) >= 11 is 3.12. The molecule has 4 heterocycles. The van der Waals surface area contributed by atoms with Gasteiger partial charge in [0.15, 0.2) is 0 Å². The highest BCUT2D eigenvalue weighted by atomic mass is 32.1. The molecule has 0 unspecified atom stereocenters. The van der Waals surface area contributed by atoms with Crippen LogP contribution >= 0.6 is 22.7 Å². The summed E-state index contributed by atoms with van der Waals surface area (Å²) in [5.74, 6) is -1.21. The summed E-state index contributed by atoms with van der Waals surface area (Å²) in [4.78, 5) is 63.6. The molecule has 0 saturated heterocycles. The number of cyclic esters (lactones) is 4. The van der Waals surface area contributed by atoms with Crippen molar-refractivity contribution in [2.24, 2.45) is 5.73 Å².